The maximum absolute atomic E-state index is 13.4. The van der Waals surface area contributed by atoms with Crippen LogP contribution in [-0.2, 0) is 11.2 Å². The van der Waals surface area contributed by atoms with Crippen molar-refractivity contribution in [1.82, 2.24) is 19.7 Å². The largest absolute Gasteiger partial charge is 0.445 e. The number of carbonyl (C=O) groups is 2. The molecule has 156 valence electrons. The molecule has 5 rings (SSSR count). The van der Waals surface area contributed by atoms with Crippen LogP contribution in [-0.4, -0.2) is 68.7 Å². The molecule has 9 heteroatoms. The minimum absolute atomic E-state index is 0.318. The van der Waals surface area contributed by atoms with Gasteiger partial charge in [0.1, 0.15) is 5.82 Å². The number of hydrogen-bond donors (Lipinski definition) is 0. The first-order chi connectivity index (χ1) is 15.0. The van der Waals surface area contributed by atoms with Crippen LogP contribution < -0.4 is 4.90 Å². The fourth-order valence-electron chi connectivity index (χ4n) is 4.14. The van der Waals surface area contributed by atoms with Crippen LogP contribution >= 0.6 is 0 Å². The van der Waals surface area contributed by atoms with E-state index in [9.17, 15) is 14.0 Å². The third kappa shape index (κ3) is 2.92. The second kappa shape index (κ2) is 7.12. The van der Waals surface area contributed by atoms with Gasteiger partial charge in [-0.25, -0.2) is 13.8 Å². The molecular formula is C22H20FN6O2+. The summed E-state index contributed by atoms with van der Waals surface area (Å²) in [5.74, 6) is 0.747. The molecule has 2 aliphatic heterocycles. The minimum atomic E-state index is -0.693. The van der Waals surface area contributed by atoms with E-state index in [1.165, 1.54) is 23.8 Å². The smallest absolute Gasteiger partial charge is 0.305 e. The number of benzene rings is 2. The first kappa shape index (κ1) is 19.1. The SMILES string of the molecule is CN1C(=O)C2C(=[N+](C)C1=O)n1c(-c3ccc(F)cc3)nnc1N2CCc1ccccc1. The van der Waals surface area contributed by atoms with Gasteiger partial charge in [-0.3, -0.25) is 4.79 Å². The van der Waals surface area contributed by atoms with E-state index < -0.39 is 12.1 Å². The number of hydrogen-bond acceptors (Lipinski definition) is 5. The Labute approximate surface area is 177 Å². The molecule has 2 aromatic carbocycles. The standard InChI is InChI=1S/C22H20FN6O2/c1-26-19-17(20(30)27(2)22(26)31)28(13-12-14-6-4-3-5-7-14)21-25-24-18(29(19)21)15-8-10-16(23)11-9-15/h3-11,17H,12-13H2,1-2H3/q+1. The Balaban J connectivity index is 1.63. The van der Waals surface area contributed by atoms with Crippen LogP contribution in [0.25, 0.3) is 11.4 Å². The van der Waals surface area contributed by atoms with E-state index in [0.717, 1.165) is 10.5 Å². The molecule has 3 aromatic rings. The summed E-state index contributed by atoms with van der Waals surface area (Å²) in [5.41, 5.74) is 1.77. The summed E-state index contributed by atoms with van der Waals surface area (Å²) in [6.07, 6.45) is 0.692. The normalized spacial score (nSPS) is 18.0. The molecule has 0 aliphatic carbocycles. The summed E-state index contributed by atoms with van der Waals surface area (Å²) in [4.78, 5) is 28.8. The highest BCUT2D eigenvalue weighted by molar-refractivity contribution is 6.19. The summed E-state index contributed by atoms with van der Waals surface area (Å²) in [5, 5.41) is 8.65. The summed E-state index contributed by atoms with van der Waals surface area (Å²) in [6.45, 7) is 0.515. The zero-order valence-electron chi connectivity index (χ0n) is 17.1. The molecule has 0 saturated heterocycles. The average molecular weight is 419 g/mol. The Morgan fingerprint density at radius 1 is 1.03 bits per heavy atom. The van der Waals surface area contributed by atoms with Crippen LogP contribution in [0.4, 0.5) is 15.1 Å². The second-order valence-electron chi connectivity index (χ2n) is 7.59. The van der Waals surface area contributed by atoms with Crippen LogP contribution in [0.3, 0.4) is 0 Å². The van der Waals surface area contributed by atoms with Crippen molar-refractivity contribution in [2.75, 3.05) is 25.5 Å². The molecule has 1 aromatic heterocycles. The number of carbonyl (C=O) groups excluding carboxylic acids is 2. The van der Waals surface area contributed by atoms with E-state index in [0.29, 0.717) is 36.1 Å². The predicted molar refractivity (Wildman–Crippen MR) is 111 cm³/mol. The van der Waals surface area contributed by atoms with Gasteiger partial charge in [-0.1, -0.05) is 35.4 Å². The Morgan fingerprint density at radius 3 is 2.45 bits per heavy atom. The third-order valence-electron chi connectivity index (χ3n) is 5.76. The molecule has 0 spiro atoms. The molecule has 0 radical (unpaired) electrons. The number of anilines is 1. The van der Waals surface area contributed by atoms with E-state index in [1.807, 2.05) is 35.2 Å². The van der Waals surface area contributed by atoms with Gasteiger partial charge in [0.15, 0.2) is 0 Å². The van der Waals surface area contributed by atoms with Crippen molar-refractivity contribution in [1.29, 1.82) is 0 Å². The maximum atomic E-state index is 13.4. The number of rotatable bonds is 4. The van der Waals surface area contributed by atoms with Crippen LogP contribution in [0.15, 0.2) is 54.6 Å². The zero-order valence-corrected chi connectivity index (χ0v) is 17.1. The molecule has 0 N–H and O–H groups in total. The quantitative estimate of drug-likeness (QED) is 0.605. The van der Waals surface area contributed by atoms with Crippen molar-refractivity contribution in [3.63, 3.8) is 0 Å². The van der Waals surface area contributed by atoms with Crippen molar-refractivity contribution in [3.05, 3.63) is 66.0 Å². The lowest BCUT2D eigenvalue weighted by Gasteiger charge is -2.27. The van der Waals surface area contributed by atoms with E-state index in [4.69, 9.17) is 0 Å². The van der Waals surface area contributed by atoms with Gasteiger partial charge in [0, 0.05) is 12.1 Å². The lowest BCUT2D eigenvalue weighted by Crippen LogP contribution is -2.59. The highest BCUT2D eigenvalue weighted by atomic mass is 19.1. The lowest BCUT2D eigenvalue weighted by molar-refractivity contribution is -0.407. The first-order valence-electron chi connectivity index (χ1n) is 9.92. The molecule has 31 heavy (non-hydrogen) atoms. The number of nitrogens with zero attached hydrogens (tertiary/aromatic N) is 6. The number of urea groups is 1. The number of aromatic nitrogens is 3. The van der Waals surface area contributed by atoms with E-state index in [-0.39, 0.29) is 11.7 Å². The Kier molecular flexibility index (Phi) is 4.39. The van der Waals surface area contributed by atoms with Crippen molar-refractivity contribution < 1.29 is 18.6 Å². The van der Waals surface area contributed by atoms with E-state index in [2.05, 4.69) is 10.2 Å². The monoisotopic (exact) mass is 419 g/mol. The molecule has 0 saturated carbocycles. The number of halogens is 1. The van der Waals surface area contributed by atoms with Gasteiger partial charge in [0.05, 0.1) is 14.1 Å². The van der Waals surface area contributed by atoms with Gasteiger partial charge in [-0.2, -0.15) is 9.47 Å². The Hall–Kier alpha value is -3.88. The summed E-state index contributed by atoms with van der Waals surface area (Å²) >= 11 is 0. The van der Waals surface area contributed by atoms with Crippen LogP contribution in [0.1, 0.15) is 5.56 Å². The third-order valence-corrected chi connectivity index (χ3v) is 5.76. The van der Waals surface area contributed by atoms with Crippen molar-refractivity contribution >= 4 is 23.7 Å². The molecule has 0 fully saturated rings. The topological polar surface area (TPSA) is 74.3 Å². The highest BCUT2D eigenvalue weighted by Gasteiger charge is 2.55. The van der Waals surface area contributed by atoms with Gasteiger partial charge in [0.2, 0.25) is 17.7 Å². The zero-order chi connectivity index (χ0) is 21.7. The average Bonchev–Trinajstić information content (AvgIpc) is 3.34. The van der Waals surface area contributed by atoms with Gasteiger partial charge in [0.25, 0.3) is 5.95 Å². The van der Waals surface area contributed by atoms with Crippen LogP contribution in [0.2, 0.25) is 0 Å². The van der Waals surface area contributed by atoms with Crippen LogP contribution in [0.5, 0.6) is 0 Å². The Morgan fingerprint density at radius 2 is 1.74 bits per heavy atom. The maximum Gasteiger partial charge on any atom is 0.445 e. The predicted octanol–water partition coefficient (Wildman–Crippen LogP) is 2.00. The number of amides is 3. The van der Waals surface area contributed by atoms with Crippen molar-refractivity contribution in [2.24, 2.45) is 0 Å². The second-order valence-corrected chi connectivity index (χ2v) is 7.59. The number of imide groups is 1. The van der Waals surface area contributed by atoms with Gasteiger partial charge >= 0.3 is 11.9 Å². The van der Waals surface area contributed by atoms with E-state index >= 15 is 0 Å². The lowest BCUT2D eigenvalue weighted by atomic mass is 10.1. The van der Waals surface area contributed by atoms with Crippen LogP contribution in [0, 0.1) is 5.82 Å². The highest BCUT2D eigenvalue weighted by Crippen LogP contribution is 2.33. The number of likely N-dealkylation sites (N-methyl/N-ethyl adjacent to an activating group) is 1. The molecule has 1 unspecified atom stereocenters. The van der Waals surface area contributed by atoms with Gasteiger partial charge < -0.3 is 4.90 Å². The molecule has 8 nitrogen and oxygen atoms in total. The van der Waals surface area contributed by atoms with Gasteiger partial charge in [-0.05, 0) is 36.2 Å². The molecule has 0 bridgehead atoms. The fourth-order valence-corrected chi connectivity index (χ4v) is 4.14. The molecular weight excluding hydrogens is 399 g/mol. The minimum Gasteiger partial charge on any atom is -0.305 e. The molecule has 3 heterocycles. The molecule has 2 aliphatic rings. The summed E-state index contributed by atoms with van der Waals surface area (Å²) in [6, 6.07) is 14.7. The summed E-state index contributed by atoms with van der Waals surface area (Å²) in [7, 11) is 3.11. The van der Waals surface area contributed by atoms with E-state index in [1.54, 1.807) is 23.7 Å². The molecule has 3 amide bonds. The van der Waals surface area contributed by atoms with Crippen molar-refractivity contribution in [3.8, 4) is 11.4 Å². The Bertz CT molecular complexity index is 1220. The first-order valence-corrected chi connectivity index (χ1v) is 9.92. The van der Waals surface area contributed by atoms with Gasteiger partial charge in [-0.15, -0.1) is 5.10 Å². The van der Waals surface area contributed by atoms with Crippen molar-refractivity contribution in [2.45, 2.75) is 12.5 Å². The molecule has 1 atom stereocenters. The number of fused-ring (bicyclic) bond motifs is 3. The fraction of sp³-hybridized carbons (Fsp3) is 0.227. The summed E-state index contributed by atoms with van der Waals surface area (Å²) < 4.78 is 16.6.